The van der Waals surface area contributed by atoms with Gasteiger partial charge in [0.1, 0.15) is 11.4 Å². The van der Waals surface area contributed by atoms with Gasteiger partial charge in [0.05, 0.1) is 0 Å². The predicted octanol–water partition coefficient (Wildman–Crippen LogP) is 3.00. The molecule has 0 aromatic carbocycles. The molecule has 4 nitrogen and oxygen atoms in total. The zero-order valence-corrected chi connectivity index (χ0v) is 10.9. The van der Waals surface area contributed by atoms with E-state index in [0.29, 0.717) is 16.2 Å². The van der Waals surface area contributed by atoms with E-state index >= 15 is 0 Å². The van der Waals surface area contributed by atoms with Crippen molar-refractivity contribution < 1.29 is 9.90 Å². The maximum Gasteiger partial charge on any atom is 0.339 e. The van der Waals surface area contributed by atoms with Gasteiger partial charge in [0.15, 0.2) is 0 Å². The lowest BCUT2D eigenvalue weighted by Gasteiger charge is -2.12. The third-order valence-electron chi connectivity index (χ3n) is 2.40. The molecular weight excluding hydrogens is 272 g/mol. The first kappa shape index (κ1) is 13.0. The molecule has 5 heteroatoms. The van der Waals surface area contributed by atoms with Gasteiger partial charge in [0, 0.05) is 17.2 Å². The van der Waals surface area contributed by atoms with Crippen LogP contribution in [0.5, 0.6) is 0 Å². The highest BCUT2D eigenvalue weighted by Gasteiger charge is 2.12. The Labute approximate surface area is 103 Å². The summed E-state index contributed by atoms with van der Waals surface area (Å²) in [5.41, 5.74) is 0.192. The molecule has 0 radical (unpaired) electrons. The molecule has 0 aliphatic heterocycles. The molecule has 1 rings (SSSR count). The van der Waals surface area contributed by atoms with Gasteiger partial charge in [-0.3, -0.25) is 0 Å². The summed E-state index contributed by atoms with van der Waals surface area (Å²) in [5, 5.41) is 12.1. The summed E-state index contributed by atoms with van der Waals surface area (Å²) in [6.45, 7) is 4.93. The summed E-state index contributed by atoms with van der Waals surface area (Å²) in [6, 6.07) is 1.55. The van der Waals surface area contributed by atoms with Gasteiger partial charge in [0.2, 0.25) is 0 Å². The van der Waals surface area contributed by atoms with Crippen molar-refractivity contribution in [2.75, 3.05) is 11.9 Å². The van der Waals surface area contributed by atoms with Crippen LogP contribution in [-0.2, 0) is 0 Å². The van der Waals surface area contributed by atoms with Crippen LogP contribution in [-0.4, -0.2) is 22.6 Å². The maximum atomic E-state index is 11.0. The summed E-state index contributed by atoms with van der Waals surface area (Å²) in [6.07, 6.45) is 2.64. The van der Waals surface area contributed by atoms with E-state index in [0.717, 1.165) is 13.0 Å². The summed E-state index contributed by atoms with van der Waals surface area (Å²) in [7, 11) is 0. The zero-order chi connectivity index (χ0) is 12.1. The normalized spacial score (nSPS) is 12.2. The maximum absolute atomic E-state index is 11.0. The van der Waals surface area contributed by atoms with E-state index in [9.17, 15) is 4.79 Å². The third kappa shape index (κ3) is 3.48. The molecule has 1 aromatic heterocycles. The second kappa shape index (κ2) is 5.84. The van der Waals surface area contributed by atoms with Crippen LogP contribution in [0.25, 0.3) is 0 Å². The Balaban J connectivity index is 2.82. The fourth-order valence-electron chi connectivity index (χ4n) is 1.16. The summed E-state index contributed by atoms with van der Waals surface area (Å²) < 4.78 is 0.666. The molecule has 0 bridgehead atoms. The monoisotopic (exact) mass is 286 g/mol. The number of rotatable bonds is 5. The highest BCUT2D eigenvalue weighted by atomic mass is 79.9. The van der Waals surface area contributed by atoms with Crippen molar-refractivity contribution in [3.63, 3.8) is 0 Å². The Kier molecular flexibility index (Phi) is 4.73. The fraction of sp³-hybridized carbons (Fsp3) is 0.455. The van der Waals surface area contributed by atoms with Crippen molar-refractivity contribution in [1.82, 2.24) is 4.98 Å². The van der Waals surface area contributed by atoms with E-state index in [1.54, 1.807) is 12.3 Å². The number of carbonyl (C=O) groups is 1. The second-order valence-corrected chi connectivity index (χ2v) is 4.66. The lowest BCUT2D eigenvalue weighted by Crippen LogP contribution is -2.14. The highest BCUT2D eigenvalue weighted by molar-refractivity contribution is 9.10. The van der Waals surface area contributed by atoms with E-state index in [-0.39, 0.29) is 5.56 Å². The number of aromatic carboxylic acids is 1. The average molecular weight is 287 g/mol. The topological polar surface area (TPSA) is 62.2 Å². The van der Waals surface area contributed by atoms with Crippen molar-refractivity contribution in [3.8, 4) is 0 Å². The summed E-state index contributed by atoms with van der Waals surface area (Å²) >= 11 is 3.20. The first-order valence-corrected chi connectivity index (χ1v) is 5.96. The minimum Gasteiger partial charge on any atom is -0.478 e. The van der Waals surface area contributed by atoms with Crippen molar-refractivity contribution >= 4 is 27.7 Å². The van der Waals surface area contributed by atoms with E-state index in [1.165, 1.54) is 0 Å². The van der Waals surface area contributed by atoms with E-state index < -0.39 is 5.97 Å². The molecule has 2 N–H and O–H groups in total. The van der Waals surface area contributed by atoms with Crippen molar-refractivity contribution in [3.05, 3.63) is 22.3 Å². The molecule has 0 aliphatic rings. The van der Waals surface area contributed by atoms with Gasteiger partial charge in [-0.2, -0.15) is 0 Å². The largest absolute Gasteiger partial charge is 0.478 e. The first-order chi connectivity index (χ1) is 7.54. The van der Waals surface area contributed by atoms with Crippen molar-refractivity contribution in [2.24, 2.45) is 5.92 Å². The van der Waals surface area contributed by atoms with Crippen LogP contribution < -0.4 is 5.32 Å². The molecule has 0 fully saturated rings. The summed E-state index contributed by atoms with van der Waals surface area (Å²) in [5.74, 6) is -0.0523. The number of anilines is 1. The Morgan fingerprint density at radius 3 is 2.94 bits per heavy atom. The number of hydrogen-bond donors (Lipinski definition) is 2. The first-order valence-electron chi connectivity index (χ1n) is 5.17. The van der Waals surface area contributed by atoms with Gasteiger partial charge in [-0.1, -0.05) is 20.3 Å². The lowest BCUT2D eigenvalue weighted by atomic mass is 10.1. The predicted molar refractivity (Wildman–Crippen MR) is 66.8 cm³/mol. The van der Waals surface area contributed by atoms with Gasteiger partial charge < -0.3 is 10.4 Å². The van der Waals surface area contributed by atoms with Crippen LogP contribution >= 0.6 is 15.9 Å². The Hall–Kier alpha value is -1.10. The molecule has 1 atom stereocenters. The van der Waals surface area contributed by atoms with Crippen LogP contribution in [0.4, 0.5) is 5.82 Å². The van der Waals surface area contributed by atoms with Crippen LogP contribution in [0.1, 0.15) is 30.6 Å². The van der Waals surface area contributed by atoms with Crippen molar-refractivity contribution in [1.29, 1.82) is 0 Å². The van der Waals surface area contributed by atoms with E-state index in [4.69, 9.17) is 5.11 Å². The number of nitrogens with one attached hydrogen (secondary N) is 1. The molecule has 0 saturated heterocycles. The molecule has 0 aliphatic carbocycles. The zero-order valence-electron chi connectivity index (χ0n) is 9.33. The van der Waals surface area contributed by atoms with Gasteiger partial charge in [-0.15, -0.1) is 0 Å². The molecular formula is C11H15BrN2O2. The molecule has 0 spiro atoms. The van der Waals surface area contributed by atoms with Gasteiger partial charge in [0.25, 0.3) is 0 Å². The number of carboxylic acids is 1. The number of nitrogens with zero attached hydrogens (tertiary/aromatic N) is 1. The van der Waals surface area contributed by atoms with Gasteiger partial charge >= 0.3 is 5.97 Å². The third-order valence-corrected chi connectivity index (χ3v) is 2.83. The Morgan fingerprint density at radius 1 is 1.69 bits per heavy atom. The number of aromatic nitrogens is 1. The smallest absolute Gasteiger partial charge is 0.339 e. The highest BCUT2D eigenvalue weighted by Crippen LogP contribution is 2.18. The molecule has 1 unspecified atom stereocenters. The molecule has 1 heterocycles. The molecule has 1 aromatic rings. The number of hydrogen-bond acceptors (Lipinski definition) is 3. The minimum absolute atomic E-state index is 0.192. The number of halogens is 1. The minimum atomic E-state index is -0.972. The van der Waals surface area contributed by atoms with Crippen LogP contribution in [0.3, 0.4) is 0 Å². The molecule has 16 heavy (non-hydrogen) atoms. The Morgan fingerprint density at radius 2 is 2.38 bits per heavy atom. The van der Waals surface area contributed by atoms with Crippen LogP contribution in [0.15, 0.2) is 16.7 Å². The molecule has 0 saturated carbocycles. The second-order valence-electron chi connectivity index (χ2n) is 3.75. The van der Waals surface area contributed by atoms with Gasteiger partial charge in [-0.05, 0) is 27.9 Å². The Bertz CT molecular complexity index is 382. The summed E-state index contributed by atoms with van der Waals surface area (Å²) in [4.78, 5) is 15.1. The fourth-order valence-corrected chi connectivity index (χ4v) is 1.49. The van der Waals surface area contributed by atoms with E-state index in [1.807, 2.05) is 0 Å². The van der Waals surface area contributed by atoms with Crippen LogP contribution in [0.2, 0.25) is 0 Å². The van der Waals surface area contributed by atoms with Crippen LogP contribution in [0, 0.1) is 5.92 Å². The van der Waals surface area contributed by atoms with Gasteiger partial charge in [-0.25, -0.2) is 9.78 Å². The quantitative estimate of drug-likeness (QED) is 0.874. The SMILES string of the molecule is CCC(C)CNc1ncc(Br)cc1C(=O)O. The number of carboxylic acid groups (broad SMARTS) is 1. The average Bonchev–Trinajstić information content (AvgIpc) is 2.26. The molecule has 0 amide bonds. The number of pyridine rings is 1. The standard InChI is InChI=1S/C11H15BrN2O2/c1-3-7(2)5-13-10-9(11(15)16)4-8(12)6-14-10/h4,6-7H,3,5H2,1-2H3,(H,13,14)(H,15,16). The van der Waals surface area contributed by atoms with E-state index in [2.05, 4.69) is 40.1 Å². The van der Waals surface area contributed by atoms with Crippen molar-refractivity contribution in [2.45, 2.75) is 20.3 Å². The lowest BCUT2D eigenvalue weighted by molar-refractivity contribution is 0.0697. The molecule has 88 valence electrons.